The molecule has 0 fully saturated rings. The first-order valence-electron chi connectivity index (χ1n) is 9.09. The Hall–Kier alpha value is -0.570. The Morgan fingerprint density at radius 3 is 1.71 bits per heavy atom. The summed E-state index contributed by atoms with van der Waals surface area (Å²) in [6.07, 6.45) is 19.0. The lowest BCUT2D eigenvalue weighted by molar-refractivity contribution is 0.128. The molecule has 0 aromatic rings. The smallest absolute Gasteiger partial charge is 0.309 e. The van der Waals surface area contributed by atoms with Gasteiger partial charge in [-0.3, -0.25) is 4.79 Å². The van der Waals surface area contributed by atoms with Crippen molar-refractivity contribution in [1.29, 1.82) is 0 Å². The van der Waals surface area contributed by atoms with E-state index < -0.39 is 0 Å². The first-order chi connectivity index (χ1) is 10.4. The Kier molecular flexibility index (Phi) is 18.9. The molecule has 3 nitrogen and oxygen atoms in total. The molecule has 1 N–H and O–H groups in total. The number of carbonyl (C=O) groups excluding carboxylic acids is 1. The van der Waals surface area contributed by atoms with Crippen LogP contribution in [-0.2, 0) is 9.53 Å². The number of rotatable bonds is 18. The van der Waals surface area contributed by atoms with Crippen LogP contribution in [0.25, 0.3) is 0 Å². The molecule has 0 aromatic heterocycles. The lowest BCUT2D eigenvalue weighted by Gasteiger charge is -2.04. The predicted octanol–water partition coefficient (Wildman–Crippen LogP) is 4.75. The molecule has 3 heteroatoms. The molecule has 0 aromatic carbocycles. The van der Waals surface area contributed by atoms with Gasteiger partial charge in [-0.15, -0.1) is 0 Å². The number of ether oxygens (including phenoxy) is 1. The van der Waals surface area contributed by atoms with Gasteiger partial charge in [0.25, 0.3) is 0 Å². The minimum atomic E-state index is 0.669. The quantitative estimate of drug-likeness (QED) is 0.293. The van der Waals surface area contributed by atoms with E-state index in [1.807, 2.05) is 0 Å². The lowest BCUT2D eigenvalue weighted by atomic mass is 10.1. The second kappa shape index (κ2) is 19.4. The topological polar surface area (TPSA) is 38.3 Å². The molecule has 0 aliphatic heterocycles. The maximum atomic E-state index is 9.89. The second-order valence-corrected chi connectivity index (χ2v) is 5.88. The third kappa shape index (κ3) is 19.4. The molecule has 1 amide bonds. The number of nitrogens with one attached hydrogen (secondary N) is 1. The fraction of sp³-hybridized carbons (Fsp3) is 0.944. The van der Waals surface area contributed by atoms with E-state index in [9.17, 15) is 4.79 Å². The van der Waals surface area contributed by atoms with E-state index in [2.05, 4.69) is 12.2 Å². The van der Waals surface area contributed by atoms with Crippen molar-refractivity contribution in [1.82, 2.24) is 5.32 Å². The third-order valence-electron chi connectivity index (χ3n) is 3.80. The average Bonchev–Trinajstić information content (AvgIpc) is 2.50. The fourth-order valence-corrected chi connectivity index (χ4v) is 2.46. The molecule has 0 saturated carbocycles. The lowest BCUT2D eigenvalue weighted by Crippen LogP contribution is -2.14. The van der Waals surface area contributed by atoms with Crippen LogP contribution in [0.15, 0.2) is 0 Å². The molecule has 0 rings (SSSR count). The SMILES string of the molecule is CCCCCCCCCCCCCCOCCCN[C]=O. The minimum Gasteiger partial charge on any atom is -0.381 e. The summed E-state index contributed by atoms with van der Waals surface area (Å²) in [6.45, 7) is 4.55. The molecule has 0 aliphatic carbocycles. The fourth-order valence-electron chi connectivity index (χ4n) is 2.46. The van der Waals surface area contributed by atoms with Gasteiger partial charge in [0.1, 0.15) is 0 Å². The number of unbranched alkanes of at least 4 members (excludes halogenated alkanes) is 11. The standard InChI is InChI=1S/C18H36NO2/c1-2-3-4-5-6-7-8-9-10-11-12-13-16-21-17-14-15-19-18-20/h2-17H2,1H3,(H,19,20). The van der Waals surface area contributed by atoms with Crippen molar-refractivity contribution in [2.45, 2.75) is 90.4 Å². The van der Waals surface area contributed by atoms with Crippen molar-refractivity contribution in [3.63, 3.8) is 0 Å². The van der Waals surface area contributed by atoms with E-state index in [0.29, 0.717) is 6.54 Å². The summed E-state index contributed by atoms with van der Waals surface area (Å²) in [5, 5.41) is 2.51. The molecular formula is C18H36NO2. The van der Waals surface area contributed by atoms with E-state index in [1.54, 1.807) is 6.41 Å². The Labute approximate surface area is 132 Å². The van der Waals surface area contributed by atoms with E-state index in [4.69, 9.17) is 4.74 Å². The largest absolute Gasteiger partial charge is 0.381 e. The van der Waals surface area contributed by atoms with Gasteiger partial charge in [-0.2, -0.15) is 0 Å². The summed E-state index contributed by atoms with van der Waals surface area (Å²) in [6, 6.07) is 0. The van der Waals surface area contributed by atoms with Crippen molar-refractivity contribution in [3.8, 4) is 0 Å². The predicted molar refractivity (Wildman–Crippen MR) is 90.2 cm³/mol. The molecule has 0 unspecified atom stereocenters. The Morgan fingerprint density at radius 2 is 1.19 bits per heavy atom. The summed E-state index contributed by atoms with van der Waals surface area (Å²) in [5.41, 5.74) is 0. The molecule has 0 atom stereocenters. The summed E-state index contributed by atoms with van der Waals surface area (Å²) in [4.78, 5) is 9.89. The Bertz CT molecular complexity index is 198. The maximum Gasteiger partial charge on any atom is 0.309 e. The van der Waals surface area contributed by atoms with Crippen molar-refractivity contribution < 1.29 is 9.53 Å². The second-order valence-electron chi connectivity index (χ2n) is 5.88. The van der Waals surface area contributed by atoms with Crippen LogP contribution in [0.5, 0.6) is 0 Å². The van der Waals surface area contributed by atoms with E-state index in [0.717, 1.165) is 19.6 Å². The normalized spacial score (nSPS) is 10.7. The molecule has 21 heavy (non-hydrogen) atoms. The summed E-state index contributed by atoms with van der Waals surface area (Å²) in [7, 11) is 0. The molecule has 0 saturated heterocycles. The zero-order chi connectivity index (χ0) is 15.4. The van der Waals surface area contributed by atoms with Gasteiger partial charge in [-0.25, -0.2) is 0 Å². The molecule has 0 aliphatic rings. The van der Waals surface area contributed by atoms with Gasteiger partial charge < -0.3 is 10.1 Å². The number of amides is 1. The van der Waals surface area contributed by atoms with Crippen LogP contribution < -0.4 is 5.32 Å². The Balaban J connectivity index is 2.91. The van der Waals surface area contributed by atoms with Gasteiger partial charge >= 0.3 is 6.41 Å². The first-order valence-corrected chi connectivity index (χ1v) is 9.09. The highest BCUT2D eigenvalue weighted by Gasteiger charge is 1.94. The molecule has 0 bridgehead atoms. The molecule has 1 radical (unpaired) electrons. The maximum absolute atomic E-state index is 9.89. The zero-order valence-electron chi connectivity index (χ0n) is 14.1. The van der Waals surface area contributed by atoms with Crippen molar-refractivity contribution >= 4 is 6.41 Å². The van der Waals surface area contributed by atoms with Crippen LogP contribution in [0.2, 0.25) is 0 Å². The highest BCUT2D eigenvalue weighted by molar-refractivity contribution is 5.46. The van der Waals surface area contributed by atoms with E-state index in [1.165, 1.54) is 77.0 Å². The van der Waals surface area contributed by atoms with Crippen LogP contribution in [0, 0.1) is 0 Å². The monoisotopic (exact) mass is 298 g/mol. The first kappa shape index (κ1) is 20.4. The van der Waals surface area contributed by atoms with Crippen LogP contribution in [-0.4, -0.2) is 26.2 Å². The summed E-state index contributed by atoms with van der Waals surface area (Å²) >= 11 is 0. The van der Waals surface area contributed by atoms with Crippen molar-refractivity contribution in [2.24, 2.45) is 0 Å². The van der Waals surface area contributed by atoms with E-state index in [-0.39, 0.29) is 0 Å². The number of hydrogen-bond donors (Lipinski definition) is 1. The van der Waals surface area contributed by atoms with Crippen LogP contribution in [0.1, 0.15) is 90.4 Å². The average molecular weight is 298 g/mol. The molecule has 0 heterocycles. The van der Waals surface area contributed by atoms with Gasteiger partial charge in [0.05, 0.1) is 0 Å². The molecular weight excluding hydrogens is 262 g/mol. The highest BCUT2D eigenvalue weighted by Crippen LogP contribution is 2.11. The van der Waals surface area contributed by atoms with Gasteiger partial charge in [0.2, 0.25) is 0 Å². The highest BCUT2D eigenvalue weighted by atomic mass is 16.5. The van der Waals surface area contributed by atoms with Gasteiger partial charge in [0, 0.05) is 19.8 Å². The van der Waals surface area contributed by atoms with Crippen LogP contribution >= 0.6 is 0 Å². The van der Waals surface area contributed by atoms with Gasteiger partial charge in [-0.1, -0.05) is 77.6 Å². The minimum absolute atomic E-state index is 0.669. The van der Waals surface area contributed by atoms with E-state index >= 15 is 0 Å². The molecule has 125 valence electrons. The molecule has 0 spiro atoms. The van der Waals surface area contributed by atoms with Gasteiger partial charge in [-0.05, 0) is 12.8 Å². The van der Waals surface area contributed by atoms with Crippen LogP contribution in [0.4, 0.5) is 0 Å². The third-order valence-corrected chi connectivity index (χ3v) is 3.80. The zero-order valence-corrected chi connectivity index (χ0v) is 14.1. The van der Waals surface area contributed by atoms with Gasteiger partial charge in [0.15, 0.2) is 0 Å². The summed E-state index contributed by atoms with van der Waals surface area (Å²) in [5.74, 6) is 0. The number of hydrogen-bond acceptors (Lipinski definition) is 2. The summed E-state index contributed by atoms with van der Waals surface area (Å²) < 4.78 is 5.50. The van der Waals surface area contributed by atoms with Crippen molar-refractivity contribution in [2.75, 3.05) is 19.8 Å². The van der Waals surface area contributed by atoms with Crippen molar-refractivity contribution in [3.05, 3.63) is 0 Å². The Morgan fingerprint density at radius 1 is 0.714 bits per heavy atom. The van der Waals surface area contributed by atoms with Crippen LogP contribution in [0.3, 0.4) is 0 Å².